The van der Waals surface area contributed by atoms with E-state index in [9.17, 15) is 10.2 Å². The smallest absolute Gasteiger partial charge is 0.120 e. The van der Waals surface area contributed by atoms with E-state index in [1.165, 1.54) is 5.56 Å². The van der Waals surface area contributed by atoms with E-state index in [1.807, 2.05) is 31.2 Å². The fourth-order valence-corrected chi connectivity index (χ4v) is 3.68. The molecule has 0 amide bonds. The minimum absolute atomic E-state index is 0.195. The van der Waals surface area contributed by atoms with E-state index < -0.39 is 5.60 Å². The zero-order valence-corrected chi connectivity index (χ0v) is 17.7. The van der Waals surface area contributed by atoms with Crippen LogP contribution < -0.4 is 0 Å². The highest BCUT2D eigenvalue weighted by Crippen LogP contribution is 2.19. The van der Waals surface area contributed by atoms with Gasteiger partial charge in [0.1, 0.15) is 17.1 Å². The summed E-state index contributed by atoms with van der Waals surface area (Å²) in [7, 11) is 0. The molecular weight excluding hydrogens is 364 g/mol. The quantitative estimate of drug-likeness (QED) is 0.736. The molecule has 1 aromatic carbocycles. The number of benzene rings is 1. The van der Waals surface area contributed by atoms with Crippen molar-refractivity contribution >= 4 is 0 Å². The van der Waals surface area contributed by atoms with E-state index in [-0.39, 0.29) is 6.61 Å². The van der Waals surface area contributed by atoms with Crippen LogP contribution in [0.5, 0.6) is 0 Å². The number of hydrogen-bond donors (Lipinski definition) is 2. The van der Waals surface area contributed by atoms with Crippen LogP contribution in [0.4, 0.5) is 0 Å². The van der Waals surface area contributed by atoms with E-state index in [0.29, 0.717) is 6.04 Å². The Hall–Kier alpha value is -2.10. The molecule has 156 valence electrons. The lowest BCUT2D eigenvalue weighted by Crippen LogP contribution is -2.52. The Bertz CT molecular complexity index is 839. The zero-order valence-electron chi connectivity index (χ0n) is 17.7. The van der Waals surface area contributed by atoms with Gasteiger partial charge in [-0.2, -0.15) is 0 Å². The molecule has 1 unspecified atom stereocenters. The molecule has 0 bridgehead atoms. The van der Waals surface area contributed by atoms with E-state index in [4.69, 9.17) is 4.42 Å². The monoisotopic (exact) mass is 396 g/mol. The largest absolute Gasteiger partial charge is 0.465 e. The number of aliphatic hydroxyl groups is 2. The van der Waals surface area contributed by atoms with E-state index >= 15 is 0 Å². The molecule has 29 heavy (non-hydrogen) atoms. The molecule has 2 heterocycles. The average molecular weight is 397 g/mol. The van der Waals surface area contributed by atoms with E-state index in [0.717, 1.165) is 56.2 Å². The van der Waals surface area contributed by atoms with Gasteiger partial charge in [-0.3, -0.25) is 9.80 Å². The van der Waals surface area contributed by atoms with Gasteiger partial charge < -0.3 is 14.6 Å². The van der Waals surface area contributed by atoms with Crippen molar-refractivity contribution in [3.05, 3.63) is 59.0 Å². The van der Waals surface area contributed by atoms with Crippen molar-refractivity contribution in [2.24, 2.45) is 0 Å². The van der Waals surface area contributed by atoms with Gasteiger partial charge in [-0.25, -0.2) is 0 Å². The van der Waals surface area contributed by atoms with Crippen molar-refractivity contribution < 1.29 is 14.6 Å². The molecular formula is C24H32N2O3. The first kappa shape index (κ1) is 21.6. The number of hydrogen-bond acceptors (Lipinski definition) is 5. The second-order valence-electron chi connectivity index (χ2n) is 8.39. The summed E-state index contributed by atoms with van der Waals surface area (Å²) in [4.78, 5) is 4.86. The lowest BCUT2D eigenvalue weighted by atomic mass is 10.1. The molecule has 1 aromatic heterocycles. The second kappa shape index (κ2) is 9.60. The zero-order chi connectivity index (χ0) is 20.9. The van der Waals surface area contributed by atoms with Gasteiger partial charge in [0, 0.05) is 44.4 Å². The number of rotatable bonds is 6. The molecule has 5 nitrogen and oxygen atoms in total. The second-order valence-corrected chi connectivity index (χ2v) is 8.39. The predicted octanol–water partition coefficient (Wildman–Crippen LogP) is 2.78. The Labute approximate surface area is 173 Å². The molecule has 0 aliphatic carbocycles. The molecule has 1 atom stereocenters. The van der Waals surface area contributed by atoms with Crippen molar-refractivity contribution in [2.45, 2.75) is 51.9 Å². The maximum Gasteiger partial charge on any atom is 0.120 e. The summed E-state index contributed by atoms with van der Waals surface area (Å²) in [6.45, 7) is 10.1. The molecule has 1 fully saturated rings. The molecule has 0 saturated carbocycles. The number of furan rings is 1. The normalized spacial score (nSPS) is 18.4. The first-order valence-electron chi connectivity index (χ1n) is 10.3. The van der Waals surface area contributed by atoms with Crippen LogP contribution in [0.2, 0.25) is 0 Å². The fourth-order valence-electron chi connectivity index (χ4n) is 3.68. The van der Waals surface area contributed by atoms with Gasteiger partial charge in [-0.1, -0.05) is 24.0 Å². The molecule has 3 rings (SSSR count). The summed E-state index contributed by atoms with van der Waals surface area (Å²) in [5, 5.41) is 19.2. The van der Waals surface area contributed by atoms with Crippen LogP contribution in [0.1, 0.15) is 42.9 Å². The topological polar surface area (TPSA) is 60.1 Å². The lowest BCUT2D eigenvalue weighted by Gasteiger charge is -2.41. The highest BCUT2D eigenvalue weighted by atomic mass is 16.3. The first-order valence-corrected chi connectivity index (χ1v) is 10.3. The Kier molecular flexibility index (Phi) is 7.15. The predicted molar refractivity (Wildman–Crippen MR) is 114 cm³/mol. The van der Waals surface area contributed by atoms with Gasteiger partial charge >= 0.3 is 0 Å². The van der Waals surface area contributed by atoms with Gasteiger partial charge in [0.05, 0.1) is 6.54 Å². The first-order chi connectivity index (χ1) is 13.8. The molecule has 2 aromatic rings. The highest BCUT2D eigenvalue weighted by molar-refractivity contribution is 5.37. The number of piperazine rings is 1. The third-order valence-corrected chi connectivity index (χ3v) is 5.18. The van der Waals surface area contributed by atoms with Gasteiger partial charge in [-0.15, -0.1) is 0 Å². The third kappa shape index (κ3) is 6.73. The maximum absolute atomic E-state index is 9.73. The summed E-state index contributed by atoms with van der Waals surface area (Å²) in [5.41, 5.74) is 1.18. The van der Waals surface area contributed by atoms with E-state index in [2.05, 4.69) is 33.8 Å². The molecule has 5 heteroatoms. The number of nitrogens with zero attached hydrogens (tertiary/aromatic N) is 2. The standard InChI is InChI=1S/C24H32N2O3/c1-19-4-9-23(29-19)18-26-14-13-25(17-22(26)11-15-27)16-21-7-5-20(6-8-21)10-12-24(2,3)28/h4-9,22,27-28H,11,13-18H2,1-3H3. The van der Waals surface area contributed by atoms with Crippen LogP contribution in [-0.2, 0) is 13.1 Å². The van der Waals surface area contributed by atoms with Crippen molar-refractivity contribution in [3.8, 4) is 11.8 Å². The van der Waals surface area contributed by atoms with Crippen molar-refractivity contribution in [1.29, 1.82) is 0 Å². The van der Waals surface area contributed by atoms with Crippen molar-refractivity contribution in [3.63, 3.8) is 0 Å². The van der Waals surface area contributed by atoms with Gasteiger partial charge in [0.2, 0.25) is 0 Å². The summed E-state index contributed by atoms with van der Waals surface area (Å²) in [6, 6.07) is 12.6. The minimum atomic E-state index is -0.978. The SMILES string of the molecule is Cc1ccc(CN2CCN(Cc3ccc(C#CC(C)(C)O)cc3)CC2CCO)o1. The highest BCUT2D eigenvalue weighted by Gasteiger charge is 2.27. The summed E-state index contributed by atoms with van der Waals surface area (Å²) < 4.78 is 5.74. The van der Waals surface area contributed by atoms with Gasteiger partial charge in [-0.05, 0) is 57.0 Å². The van der Waals surface area contributed by atoms with Crippen LogP contribution in [0.15, 0.2) is 40.8 Å². The molecule has 2 N–H and O–H groups in total. The van der Waals surface area contributed by atoms with Crippen LogP contribution >= 0.6 is 0 Å². The van der Waals surface area contributed by atoms with Crippen LogP contribution in [-0.4, -0.2) is 57.9 Å². The lowest BCUT2D eigenvalue weighted by molar-refractivity contribution is 0.0454. The van der Waals surface area contributed by atoms with Gasteiger partial charge in [0.15, 0.2) is 0 Å². The Morgan fingerprint density at radius 1 is 1.10 bits per heavy atom. The third-order valence-electron chi connectivity index (χ3n) is 5.18. The molecule has 1 aliphatic heterocycles. The molecule has 0 radical (unpaired) electrons. The van der Waals surface area contributed by atoms with Crippen molar-refractivity contribution in [2.75, 3.05) is 26.2 Å². The summed E-state index contributed by atoms with van der Waals surface area (Å²) in [6.07, 6.45) is 0.766. The van der Waals surface area contributed by atoms with Crippen LogP contribution in [0, 0.1) is 18.8 Å². The Morgan fingerprint density at radius 2 is 1.86 bits per heavy atom. The average Bonchev–Trinajstić information content (AvgIpc) is 3.08. The molecule has 0 spiro atoms. The molecule has 1 aliphatic rings. The Balaban J connectivity index is 1.58. The minimum Gasteiger partial charge on any atom is -0.465 e. The summed E-state index contributed by atoms with van der Waals surface area (Å²) in [5.74, 6) is 7.78. The van der Waals surface area contributed by atoms with Crippen molar-refractivity contribution in [1.82, 2.24) is 9.80 Å². The van der Waals surface area contributed by atoms with Gasteiger partial charge in [0.25, 0.3) is 0 Å². The van der Waals surface area contributed by atoms with E-state index in [1.54, 1.807) is 13.8 Å². The Morgan fingerprint density at radius 3 is 2.48 bits per heavy atom. The van der Waals surface area contributed by atoms with Crippen LogP contribution in [0.25, 0.3) is 0 Å². The molecule has 1 saturated heterocycles. The fraction of sp³-hybridized carbons (Fsp3) is 0.500. The number of aryl methyl sites for hydroxylation is 1. The van der Waals surface area contributed by atoms with Crippen LogP contribution in [0.3, 0.4) is 0 Å². The summed E-state index contributed by atoms with van der Waals surface area (Å²) >= 11 is 0. The maximum atomic E-state index is 9.73. The number of aliphatic hydroxyl groups excluding tert-OH is 1.